The molecule has 29 heavy (non-hydrogen) atoms. The minimum Gasteiger partial charge on any atom is -0.373 e. The standard InChI is InChI=1S/C21H34N6O2/c1-14-11-25(12-15(2)29-14)13-16-6-8-26(9-7-16)20-23-18-17(19(28)24-20)10-22-27(18)21(3,4)5/h10,14-16H,6-9,11-13H2,1-5H3,(H,23,24,28). The Bertz CT molecular complexity index is 896. The quantitative estimate of drug-likeness (QED) is 0.848. The smallest absolute Gasteiger partial charge is 0.263 e. The van der Waals surface area contributed by atoms with Crippen LogP contribution in [0.1, 0.15) is 47.5 Å². The Hall–Kier alpha value is -1.93. The third kappa shape index (κ3) is 4.33. The third-order valence-electron chi connectivity index (χ3n) is 5.99. The molecule has 0 aromatic carbocycles. The number of rotatable bonds is 3. The molecular weight excluding hydrogens is 368 g/mol. The molecule has 8 nitrogen and oxygen atoms in total. The summed E-state index contributed by atoms with van der Waals surface area (Å²) in [5.74, 6) is 1.35. The molecule has 0 saturated carbocycles. The Kier molecular flexibility index (Phi) is 5.42. The molecule has 2 saturated heterocycles. The molecule has 160 valence electrons. The van der Waals surface area contributed by atoms with Crippen LogP contribution in [0.3, 0.4) is 0 Å². The van der Waals surface area contributed by atoms with Crippen molar-refractivity contribution in [2.24, 2.45) is 5.92 Å². The zero-order chi connectivity index (χ0) is 20.8. The average molecular weight is 403 g/mol. The first-order chi connectivity index (χ1) is 13.7. The van der Waals surface area contributed by atoms with Crippen molar-refractivity contribution in [2.45, 2.75) is 65.2 Å². The van der Waals surface area contributed by atoms with E-state index in [9.17, 15) is 4.79 Å². The summed E-state index contributed by atoms with van der Waals surface area (Å²) in [6.07, 6.45) is 4.47. The number of nitrogens with zero attached hydrogens (tertiary/aromatic N) is 5. The van der Waals surface area contributed by atoms with Gasteiger partial charge in [-0.2, -0.15) is 10.1 Å². The van der Waals surface area contributed by atoms with E-state index in [1.165, 1.54) is 0 Å². The Labute approximate surface area is 172 Å². The Morgan fingerprint density at radius 1 is 1.17 bits per heavy atom. The number of anilines is 1. The van der Waals surface area contributed by atoms with E-state index in [0.29, 0.717) is 35.1 Å². The highest BCUT2D eigenvalue weighted by molar-refractivity contribution is 5.74. The molecule has 2 aromatic rings. The number of aromatic nitrogens is 4. The summed E-state index contributed by atoms with van der Waals surface area (Å²) in [5.41, 5.74) is 0.327. The number of fused-ring (bicyclic) bond motifs is 1. The predicted octanol–water partition coefficient (Wildman–Crippen LogP) is 2.20. The highest BCUT2D eigenvalue weighted by Crippen LogP contribution is 2.24. The maximum Gasteiger partial charge on any atom is 0.263 e. The highest BCUT2D eigenvalue weighted by atomic mass is 16.5. The van der Waals surface area contributed by atoms with E-state index < -0.39 is 0 Å². The Morgan fingerprint density at radius 3 is 2.45 bits per heavy atom. The average Bonchev–Trinajstić information content (AvgIpc) is 3.06. The van der Waals surface area contributed by atoms with Gasteiger partial charge < -0.3 is 9.64 Å². The van der Waals surface area contributed by atoms with Crippen LogP contribution >= 0.6 is 0 Å². The zero-order valence-electron chi connectivity index (χ0n) is 18.3. The van der Waals surface area contributed by atoms with Gasteiger partial charge in [-0.3, -0.25) is 14.7 Å². The fourth-order valence-electron chi connectivity index (χ4n) is 4.67. The van der Waals surface area contributed by atoms with Gasteiger partial charge in [0.1, 0.15) is 5.39 Å². The first-order valence-corrected chi connectivity index (χ1v) is 10.8. The van der Waals surface area contributed by atoms with Crippen molar-refractivity contribution >= 4 is 17.0 Å². The molecule has 0 bridgehead atoms. The van der Waals surface area contributed by atoms with Gasteiger partial charge in [0.15, 0.2) is 5.65 Å². The number of H-pyrrole nitrogens is 1. The van der Waals surface area contributed by atoms with E-state index in [2.05, 4.69) is 54.5 Å². The van der Waals surface area contributed by atoms with Gasteiger partial charge in [-0.05, 0) is 53.4 Å². The summed E-state index contributed by atoms with van der Waals surface area (Å²) in [6, 6.07) is 0. The molecule has 2 fully saturated rings. The number of hydrogen-bond donors (Lipinski definition) is 1. The van der Waals surface area contributed by atoms with E-state index in [1.807, 2.05) is 4.68 Å². The second-order valence-corrected chi connectivity index (χ2v) is 9.76. The molecule has 1 N–H and O–H groups in total. The number of ether oxygens (including phenoxy) is 1. The lowest BCUT2D eigenvalue weighted by Crippen LogP contribution is -2.48. The molecule has 0 radical (unpaired) electrons. The zero-order valence-corrected chi connectivity index (χ0v) is 18.3. The molecule has 0 spiro atoms. The van der Waals surface area contributed by atoms with Crippen LogP contribution in [0.15, 0.2) is 11.0 Å². The third-order valence-corrected chi connectivity index (χ3v) is 5.99. The maximum absolute atomic E-state index is 12.6. The minimum atomic E-state index is -0.223. The topological polar surface area (TPSA) is 79.3 Å². The van der Waals surface area contributed by atoms with Crippen LogP contribution in [0.4, 0.5) is 5.95 Å². The largest absolute Gasteiger partial charge is 0.373 e. The molecule has 2 atom stereocenters. The molecule has 2 aliphatic rings. The van der Waals surface area contributed by atoms with Crippen LogP contribution in [0.2, 0.25) is 0 Å². The van der Waals surface area contributed by atoms with Crippen LogP contribution in [-0.2, 0) is 10.3 Å². The fourth-order valence-corrected chi connectivity index (χ4v) is 4.67. The summed E-state index contributed by atoms with van der Waals surface area (Å²) in [7, 11) is 0. The van der Waals surface area contributed by atoms with E-state index >= 15 is 0 Å². The van der Waals surface area contributed by atoms with Crippen LogP contribution in [0, 0.1) is 5.92 Å². The monoisotopic (exact) mass is 402 g/mol. The summed E-state index contributed by atoms with van der Waals surface area (Å²) in [5, 5.41) is 4.95. The van der Waals surface area contributed by atoms with Gasteiger partial charge in [-0.15, -0.1) is 0 Å². The molecule has 4 rings (SSSR count). The van der Waals surface area contributed by atoms with E-state index in [0.717, 1.165) is 45.6 Å². The highest BCUT2D eigenvalue weighted by Gasteiger charge is 2.28. The van der Waals surface area contributed by atoms with Crippen LogP contribution in [0.25, 0.3) is 11.0 Å². The molecule has 4 heterocycles. The molecule has 2 aromatic heterocycles. The number of morpholine rings is 1. The predicted molar refractivity (Wildman–Crippen MR) is 115 cm³/mol. The normalized spacial score (nSPS) is 25.1. The fraction of sp³-hybridized carbons (Fsp3) is 0.762. The summed E-state index contributed by atoms with van der Waals surface area (Å²) in [6.45, 7) is 15.5. The van der Waals surface area contributed by atoms with Gasteiger partial charge in [0, 0.05) is 32.7 Å². The van der Waals surface area contributed by atoms with Crippen molar-refractivity contribution in [3.63, 3.8) is 0 Å². The van der Waals surface area contributed by atoms with E-state index in [1.54, 1.807) is 6.20 Å². The molecule has 2 unspecified atom stereocenters. The minimum absolute atomic E-state index is 0.112. The van der Waals surface area contributed by atoms with Crippen LogP contribution in [0.5, 0.6) is 0 Å². The maximum atomic E-state index is 12.6. The van der Waals surface area contributed by atoms with Crippen molar-refractivity contribution in [1.29, 1.82) is 0 Å². The van der Waals surface area contributed by atoms with Crippen LogP contribution in [-0.4, -0.2) is 69.6 Å². The first-order valence-electron chi connectivity index (χ1n) is 10.8. The number of piperidine rings is 1. The van der Waals surface area contributed by atoms with Crippen molar-refractivity contribution in [1.82, 2.24) is 24.6 Å². The van der Waals surface area contributed by atoms with Crippen LogP contribution < -0.4 is 10.5 Å². The molecule has 2 aliphatic heterocycles. The SMILES string of the molecule is CC1CN(CC2CCN(c3nc4c(cnn4C(C)(C)C)c(=O)[nH]3)CC2)CC(C)O1. The summed E-state index contributed by atoms with van der Waals surface area (Å²) < 4.78 is 7.70. The number of nitrogens with one attached hydrogen (secondary N) is 1. The summed E-state index contributed by atoms with van der Waals surface area (Å²) in [4.78, 5) is 25.1. The number of hydrogen-bond acceptors (Lipinski definition) is 6. The van der Waals surface area contributed by atoms with Gasteiger partial charge in [0.25, 0.3) is 5.56 Å². The Balaban J connectivity index is 1.44. The molecule has 0 amide bonds. The lowest BCUT2D eigenvalue weighted by atomic mass is 9.96. The molecule has 8 heteroatoms. The Morgan fingerprint density at radius 2 is 1.83 bits per heavy atom. The van der Waals surface area contributed by atoms with Crippen molar-refractivity contribution in [3.05, 3.63) is 16.6 Å². The first kappa shape index (κ1) is 20.3. The van der Waals surface area contributed by atoms with Crippen molar-refractivity contribution < 1.29 is 4.74 Å². The van der Waals surface area contributed by atoms with Gasteiger partial charge in [0.05, 0.1) is 23.9 Å². The van der Waals surface area contributed by atoms with Crippen molar-refractivity contribution in [3.8, 4) is 0 Å². The second kappa shape index (κ2) is 7.72. The second-order valence-electron chi connectivity index (χ2n) is 9.76. The van der Waals surface area contributed by atoms with E-state index in [-0.39, 0.29) is 11.1 Å². The molecule has 0 aliphatic carbocycles. The van der Waals surface area contributed by atoms with Gasteiger partial charge >= 0.3 is 0 Å². The number of aromatic amines is 1. The van der Waals surface area contributed by atoms with Gasteiger partial charge in [-0.25, -0.2) is 4.68 Å². The summed E-state index contributed by atoms with van der Waals surface area (Å²) >= 11 is 0. The lowest BCUT2D eigenvalue weighted by molar-refractivity contribution is -0.0720. The van der Waals surface area contributed by atoms with E-state index in [4.69, 9.17) is 9.72 Å². The van der Waals surface area contributed by atoms with Gasteiger partial charge in [0.2, 0.25) is 5.95 Å². The lowest BCUT2D eigenvalue weighted by Gasteiger charge is -2.39. The molecular formula is C21H34N6O2. The van der Waals surface area contributed by atoms with Gasteiger partial charge in [-0.1, -0.05) is 0 Å². The van der Waals surface area contributed by atoms with Crippen molar-refractivity contribution in [2.75, 3.05) is 37.6 Å².